The summed E-state index contributed by atoms with van der Waals surface area (Å²) in [6.45, 7) is 2.74. The molecule has 0 aliphatic heterocycles. The van der Waals surface area contributed by atoms with E-state index in [9.17, 15) is 28.1 Å². The van der Waals surface area contributed by atoms with Crippen LogP contribution in [0.2, 0.25) is 0 Å². The van der Waals surface area contributed by atoms with Crippen LogP contribution in [0.1, 0.15) is 22.8 Å². The maximum absolute atomic E-state index is 12.3. The van der Waals surface area contributed by atoms with Crippen molar-refractivity contribution in [1.82, 2.24) is 0 Å². The number of sulfonamides is 1. The zero-order valence-corrected chi connectivity index (χ0v) is 15.7. The highest BCUT2D eigenvalue weighted by Gasteiger charge is 2.23. The van der Waals surface area contributed by atoms with Crippen LogP contribution in [0.15, 0.2) is 47.4 Å². The molecule has 0 aliphatic carbocycles. The molecule has 1 amide bonds. The molecule has 2 rings (SSSR count). The number of hydrogen-bond acceptors (Lipinski definition) is 7. The minimum atomic E-state index is -3.85. The molecule has 0 heterocycles. The van der Waals surface area contributed by atoms with Crippen molar-refractivity contribution < 1.29 is 27.7 Å². The monoisotopic (exact) mass is 407 g/mol. The third-order valence-electron chi connectivity index (χ3n) is 3.83. The molecule has 0 unspecified atom stereocenters. The Kier molecular flexibility index (Phi) is 6.11. The van der Waals surface area contributed by atoms with E-state index in [1.54, 1.807) is 0 Å². The van der Waals surface area contributed by atoms with Crippen molar-refractivity contribution in [2.45, 2.75) is 24.8 Å². The number of benzene rings is 2. The standard InChI is InChI=1S/C17H17N3O7S/c1-10-14(4-3-5-15(10)20(23)24)17(22)27-11(2)16(21)19-12-6-8-13(9-7-12)28(18,25)26/h3-9,11H,1-2H3,(H,19,21)(H2,18,25,26)/t11-/m0/s1. The Hall–Kier alpha value is -3.31. The highest BCUT2D eigenvalue weighted by atomic mass is 32.2. The molecule has 0 bridgehead atoms. The number of esters is 1. The number of nitrogens with one attached hydrogen (secondary N) is 1. The third kappa shape index (κ3) is 4.90. The molecule has 2 aromatic rings. The first-order valence-electron chi connectivity index (χ1n) is 7.89. The largest absolute Gasteiger partial charge is 0.449 e. The topological polar surface area (TPSA) is 159 Å². The molecule has 10 nitrogen and oxygen atoms in total. The van der Waals surface area contributed by atoms with E-state index in [2.05, 4.69) is 5.32 Å². The van der Waals surface area contributed by atoms with Gasteiger partial charge in [-0.1, -0.05) is 6.07 Å². The third-order valence-corrected chi connectivity index (χ3v) is 4.75. The molecule has 28 heavy (non-hydrogen) atoms. The maximum atomic E-state index is 12.3. The van der Waals surface area contributed by atoms with E-state index in [1.807, 2.05) is 0 Å². The van der Waals surface area contributed by atoms with Crippen LogP contribution in [0.25, 0.3) is 0 Å². The number of carbonyl (C=O) groups excluding carboxylic acids is 2. The predicted octanol–water partition coefficient (Wildman–Crippen LogP) is 1.73. The number of nitro groups is 1. The summed E-state index contributed by atoms with van der Waals surface area (Å²) in [7, 11) is -3.85. The number of rotatable bonds is 6. The molecule has 0 aromatic heterocycles. The van der Waals surface area contributed by atoms with Gasteiger partial charge >= 0.3 is 5.97 Å². The number of primary sulfonamides is 1. The van der Waals surface area contributed by atoms with Crippen molar-refractivity contribution in [3.8, 4) is 0 Å². The maximum Gasteiger partial charge on any atom is 0.339 e. The van der Waals surface area contributed by atoms with Crippen LogP contribution in [0.4, 0.5) is 11.4 Å². The van der Waals surface area contributed by atoms with E-state index in [-0.39, 0.29) is 27.4 Å². The first-order valence-corrected chi connectivity index (χ1v) is 9.44. The Labute approximate surface area is 160 Å². The Morgan fingerprint density at radius 2 is 1.79 bits per heavy atom. The molecular weight excluding hydrogens is 390 g/mol. The number of amides is 1. The van der Waals surface area contributed by atoms with Crippen LogP contribution >= 0.6 is 0 Å². The number of carbonyl (C=O) groups is 2. The van der Waals surface area contributed by atoms with Crippen LogP contribution in [0.5, 0.6) is 0 Å². The van der Waals surface area contributed by atoms with Crippen LogP contribution in [0, 0.1) is 17.0 Å². The Balaban J connectivity index is 2.07. The van der Waals surface area contributed by atoms with Gasteiger partial charge in [0.2, 0.25) is 10.0 Å². The highest BCUT2D eigenvalue weighted by molar-refractivity contribution is 7.89. The molecule has 11 heteroatoms. The second-order valence-electron chi connectivity index (χ2n) is 5.81. The van der Waals surface area contributed by atoms with E-state index in [4.69, 9.17) is 9.88 Å². The zero-order chi connectivity index (χ0) is 21.1. The Morgan fingerprint density at radius 1 is 1.18 bits per heavy atom. The lowest BCUT2D eigenvalue weighted by atomic mass is 10.1. The van der Waals surface area contributed by atoms with Gasteiger partial charge < -0.3 is 10.1 Å². The first kappa shape index (κ1) is 21.0. The normalized spacial score (nSPS) is 12.1. The average Bonchev–Trinajstić information content (AvgIpc) is 2.61. The Morgan fingerprint density at radius 3 is 2.32 bits per heavy atom. The van der Waals surface area contributed by atoms with Crippen molar-refractivity contribution >= 4 is 33.3 Å². The second kappa shape index (κ2) is 8.15. The van der Waals surface area contributed by atoms with Crippen molar-refractivity contribution in [3.05, 3.63) is 63.7 Å². The molecule has 1 atom stereocenters. The lowest BCUT2D eigenvalue weighted by molar-refractivity contribution is -0.385. The summed E-state index contributed by atoms with van der Waals surface area (Å²) in [6, 6.07) is 9.06. The molecule has 0 saturated carbocycles. The second-order valence-corrected chi connectivity index (χ2v) is 7.37. The minimum absolute atomic E-state index is 0.0219. The fourth-order valence-electron chi connectivity index (χ4n) is 2.29. The van der Waals surface area contributed by atoms with Crippen LogP contribution in [-0.4, -0.2) is 31.3 Å². The van der Waals surface area contributed by atoms with Gasteiger partial charge in [0, 0.05) is 17.3 Å². The molecule has 0 fully saturated rings. The Bertz CT molecular complexity index is 1030. The van der Waals surface area contributed by atoms with E-state index < -0.39 is 32.9 Å². The zero-order valence-electron chi connectivity index (χ0n) is 14.9. The molecule has 0 aliphatic rings. The summed E-state index contributed by atoms with van der Waals surface area (Å²) in [5.74, 6) is -1.55. The summed E-state index contributed by atoms with van der Waals surface area (Å²) in [4.78, 5) is 34.7. The smallest absolute Gasteiger partial charge is 0.339 e. The molecule has 3 N–H and O–H groups in total. The van der Waals surface area contributed by atoms with Crippen LogP contribution < -0.4 is 10.5 Å². The van der Waals surface area contributed by atoms with Gasteiger partial charge in [-0.15, -0.1) is 0 Å². The average molecular weight is 407 g/mol. The molecular formula is C17H17N3O7S. The van der Waals surface area contributed by atoms with Crippen molar-refractivity contribution in [1.29, 1.82) is 0 Å². The van der Waals surface area contributed by atoms with E-state index in [0.717, 1.165) is 0 Å². The van der Waals surface area contributed by atoms with Gasteiger partial charge in [0.25, 0.3) is 11.6 Å². The summed E-state index contributed by atoms with van der Waals surface area (Å²) >= 11 is 0. The molecule has 2 aromatic carbocycles. The lowest BCUT2D eigenvalue weighted by Crippen LogP contribution is -2.30. The van der Waals surface area contributed by atoms with Crippen molar-refractivity contribution in [3.63, 3.8) is 0 Å². The summed E-state index contributed by atoms with van der Waals surface area (Å²) in [6.07, 6.45) is -1.20. The van der Waals surface area contributed by atoms with Crippen molar-refractivity contribution in [2.75, 3.05) is 5.32 Å². The van der Waals surface area contributed by atoms with E-state index in [0.29, 0.717) is 0 Å². The lowest BCUT2D eigenvalue weighted by Gasteiger charge is -2.14. The first-order chi connectivity index (χ1) is 13.0. The number of anilines is 1. The molecule has 0 radical (unpaired) electrons. The number of nitrogens with two attached hydrogens (primary N) is 1. The number of nitrogens with zero attached hydrogens (tertiary/aromatic N) is 1. The van der Waals surface area contributed by atoms with E-state index >= 15 is 0 Å². The minimum Gasteiger partial charge on any atom is -0.449 e. The van der Waals surface area contributed by atoms with E-state index in [1.165, 1.54) is 56.3 Å². The SMILES string of the molecule is Cc1c(C(=O)O[C@@H](C)C(=O)Nc2ccc(S(N)(=O)=O)cc2)cccc1[N+](=O)[O-]. The summed E-state index contributed by atoms with van der Waals surface area (Å²) in [5, 5.41) is 18.4. The molecule has 148 valence electrons. The number of nitro benzene ring substituents is 1. The molecule has 0 saturated heterocycles. The quantitative estimate of drug-likeness (QED) is 0.419. The van der Waals surface area contributed by atoms with Gasteiger partial charge in [0.05, 0.1) is 15.4 Å². The van der Waals surface area contributed by atoms with Crippen molar-refractivity contribution in [2.24, 2.45) is 5.14 Å². The van der Waals surface area contributed by atoms with Gasteiger partial charge in [-0.05, 0) is 44.2 Å². The van der Waals surface area contributed by atoms with Gasteiger partial charge in [-0.3, -0.25) is 14.9 Å². The van der Waals surface area contributed by atoms with Gasteiger partial charge in [-0.2, -0.15) is 0 Å². The van der Waals surface area contributed by atoms with Crippen LogP contribution in [0.3, 0.4) is 0 Å². The fraction of sp³-hybridized carbons (Fsp3) is 0.176. The molecule has 0 spiro atoms. The number of ether oxygens (including phenoxy) is 1. The fourth-order valence-corrected chi connectivity index (χ4v) is 2.81. The summed E-state index contributed by atoms with van der Waals surface area (Å²) < 4.78 is 27.5. The van der Waals surface area contributed by atoms with Gasteiger partial charge in [-0.25, -0.2) is 18.4 Å². The summed E-state index contributed by atoms with van der Waals surface area (Å²) in [5.41, 5.74) is 0.142. The highest BCUT2D eigenvalue weighted by Crippen LogP contribution is 2.22. The van der Waals surface area contributed by atoms with Gasteiger partial charge in [0.15, 0.2) is 6.10 Å². The predicted molar refractivity (Wildman–Crippen MR) is 99.2 cm³/mol. The van der Waals surface area contributed by atoms with Crippen LogP contribution in [-0.2, 0) is 19.6 Å². The number of hydrogen-bond donors (Lipinski definition) is 2. The van der Waals surface area contributed by atoms with Gasteiger partial charge in [0.1, 0.15) is 0 Å².